The molecule has 0 radical (unpaired) electrons. The Morgan fingerprint density at radius 1 is 0.872 bits per heavy atom. The molecule has 0 aliphatic heterocycles. The summed E-state index contributed by atoms with van der Waals surface area (Å²) in [6.07, 6.45) is 1.94. The Bertz CT molecular complexity index is 1610. The maximum absolute atomic E-state index is 13.9. The summed E-state index contributed by atoms with van der Waals surface area (Å²) in [5.41, 5.74) is 7.88. The van der Waals surface area contributed by atoms with Gasteiger partial charge < -0.3 is 4.74 Å². The van der Waals surface area contributed by atoms with Gasteiger partial charge in [0, 0.05) is 31.1 Å². The average Bonchev–Trinajstić information content (AvgIpc) is 3.51. The molecule has 8 nitrogen and oxygen atoms in total. The molecule has 39 heavy (non-hydrogen) atoms. The number of ether oxygens (including phenoxy) is 1. The van der Waals surface area contributed by atoms with Gasteiger partial charge in [0.15, 0.2) is 5.82 Å². The van der Waals surface area contributed by atoms with Crippen LogP contribution in [0.5, 0.6) is 0 Å². The van der Waals surface area contributed by atoms with Gasteiger partial charge in [-0.25, -0.2) is 10.1 Å². The summed E-state index contributed by atoms with van der Waals surface area (Å²) in [6.45, 7) is 5.11. The van der Waals surface area contributed by atoms with Crippen molar-refractivity contribution in [3.05, 3.63) is 117 Å². The lowest BCUT2D eigenvalue weighted by Gasteiger charge is -2.17. The van der Waals surface area contributed by atoms with Crippen molar-refractivity contribution in [2.75, 3.05) is 7.11 Å². The van der Waals surface area contributed by atoms with E-state index in [0.717, 1.165) is 50.5 Å². The first-order valence-corrected chi connectivity index (χ1v) is 13.2. The van der Waals surface area contributed by atoms with E-state index in [1.807, 2.05) is 47.9 Å². The Labute approximate surface area is 227 Å². The number of aryl methyl sites for hydroxylation is 2. The van der Waals surface area contributed by atoms with Crippen LogP contribution in [-0.4, -0.2) is 37.3 Å². The Morgan fingerprint density at radius 2 is 1.64 bits per heavy atom. The molecule has 8 heteroatoms. The van der Waals surface area contributed by atoms with E-state index in [9.17, 15) is 4.79 Å². The molecule has 0 unspecified atom stereocenters. The molecule has 5 rings (SSSR count). The van der Waals surface area contributed by atoms with Crippen LogP contribution >= 0.6 is 0 Å². The Kier molecular flexibility index (Phi) is 8.03. The fourth-order valence-electron chi connectivity index (χ4n) is 4.98. The first-order chi connectivity index (χ1) is 19.1. The zero-order valence-electron chi connectivity index (χ0n) is 22.5. The summed E-state index contributed by atoms with van der Waals surface area (Å²) in [4.78, 5) is 18.8. The molecule has 0 fully saturated rings. The molecule has 198 valence electrons. The van der Waals surface area contributed by atoms with Crippen molar-refractivity contribution in [1.82, 2.24) is 30.2 Å². The van der Waals surface area contributed by atoms with E-state index >= 15 is 0 Å². The van der Waals surface area contributed by atoms with Gasteiger partial charge in [-0.15, -0.1) is 5.10 Å². The van der Waals surface area contributed by atoms with Gasteiger partial charge in [0.1, 0.15) is 5.82 Å². The smallest absolute Gasteiger partial charge is 0.257 e. The molecule has 3 aromatic carbocycles. The van der Waals surface area contributed by atoms with Crippen LogP contribution in [0.25, 0.3) is 22.5 Å². The molecular formula is C31H32N6O2. The number of aromatic nitrogens is 6. The third kappa shape index (κ3) is 5.71. The lowest BCUT2D eigenvalue weighted by Crippen LogP contribution is -2.30. The van der Waals surface area contributed by atoms with Crippen LogP contribution in [-0.2, 0) is 37.2 Å². The van der Waals surface area contributed by atoms with Crippen LogP contribution in [0.2, 0.25) is 0 Å². The monoisotopic (exact) mass is 520 g/mol. The fraction of sp³-hybridized carbons (Fsp3) is 0.258. The maximum Gasteiger partial charge on any atom is 0.257 e. The number of nitrogens with one attached hydrogen (secondary N) is 1. The first-order valence-electron chi connectivity index (χ1n) is 13.2. The highest BCUT2D eigenvalue weighted by Gasteiger charge is 2.17. The van der Waals surface area contributed by atoms with Crippen molar-refractivity contribution in [3.63, 3.8) is 0 Å². The normalized spacial score (nSPS) is 11.2. The van der Waals surface area contributed by atoms with E-state index in [2.05, 4.69) is 63.9 Å². The van der Waals surface area contributed by atoms with Gasteiger partial charge in [0.25, 0.3) is 5.56 Å². The zero-order valence-corrected chi connectivity index (χ0v) is 22.5. The van der Waals surface area contributed by atoms with Crippen molar-refractivity contribution in [2.24, 2.45) is 0 Å². The SMILES string of the molecule is CCc1nc(CC)n(Cc2ccc(-c3ccccc3-c3nnn[nH]3)cc2)c(=O)c1Cc1cccc(COC)c1. The number of hydrogen-bond acceptors (Lipinski definition) is 6. The van der Waals surface area contributed by atoms with Crippen molar-refractivity contribution >= 4 is 0 Å². The Hall–Kier alpha value is -4.43. The number of benzene rings is 3. The molecule has 0 saturated heterocycles. The van der Waals surface area contributed by atoms with Crippen molar-refractivity contribution in [2.45, 2.75) is 46.3 Å². The summed E-state index contributed by atoms with van der Waals surface area (Å²) in [7, 11) is 1.69. The largest absolute Gasteiger partial charge is 0.380 e. The van der Waals surface area contributed by atoms with Gasteiger partial charge in [-0.1, -0.05) is 86.6 Å². The van der Waals surface area contributed by atoms with Crippen LogP contribution in [0.4, 0.5) is 0 Å². The lowest BCUT2D eigenvalue weighted by molar-refractivity contribution is 0.185. The van der Waals surface area contributed by atoms with Crippen molar-refractivity contribution < 1.29 is 4.74 Å². The molecule has 0 amide bonds. The van der Waals surface area contributed by atoms with Gasteiger partial charge in [0.05, 0.1) is 18.8 Å². The van der Waals surface area contributed by atoms with Gasteiger partial charge in [0.2, 0.25) is 0 Å². The van der Waals surface area contributed by atoms with Gasteiger partial charge in [-0.3, -0.25) is 9.36 Å². The number of hydrogen-bond donors (Lipinski definition) is 1. The van der Waals surface area contributed by atoms with Crippen LogP contribution in [0.15, 0.2) is 77.6 Å². The second-order valence-electron chi connectivity index (χ2n) is 9.47. The fourth-order valence-corrected chi connectivity index (χ4v) is 4.98. The van der Waals surface area contributed by atoms with Crippen molar-refractivity contribution in [1.29, 1.82) is 0 Å². The molecule has 0 bridgehead atoms. The van der Waals surface area contributed by atoms with E-state index in [0.29, 0.717) is 38.2 Å². The first kappa shape index (κ1) is 26.2. The molecule has 0 aliphatic rings. The van der Waals surface area contributed by atoms with Gasteiger partial charge in [-0.2, -0.15) is 0 Å². The van der Waals surface area contributed by atoms with E-state index in [1.54, 1.807) is 7.11 Å². The quantitative estimate of drug-likeness (QED) is 0.278. The topological polar surface area (TPSA) is 98.6 Å². The minimum atomic E-state index is 0.0306. The zero-order chi connectivity index (χ0) is 27.2. The van der Waals surface area contributed by atoms with Crippen LogP contribution < -0.4 is 5.56 Å². The third-order valence-electron chi connectivity index (χ3n) is 6.89. The van der Waals surface area contributed by atoms with Gasteiger partial charge in [-0.05, 0) is 44.7 Å². The molecular weight excluding hydrogens is 488 g/mol. The number of rotatable bonds is 10. The molecule has 0 saturated carbocycles. The Balaban J connectivity index is 1.46. The second kappa shape index (κ2) is 12.0. The van der Waals surface area contributed by atoms with E-state index in [1.165, 1.54) is 0 Å². The minimum Gasteiger partial charge on any atom is -0.380 e. The molecule has 0 aliphatic carbocycles. The highest BCUT2D eigenvalue weighted by Crippen LogP contribution is 2.29. The van der Waals surface area contributed by atoms with Crippen LogP contribution in [0.3, 0.4) is 0 Å². The number of H-pyrrole nitrogens is 1. The molecule has 2 aromatic heterocycles. The molecule has 5 aromatic rings. The predicted octanol–water partition coefficient (Wildman–Crippen LogP) is 5.00. The summed E-state index contributed by atoms with van der Waals surface area (Å²) in [5.74, 6) is 1.43. The predicted molar refractivity (Wildman–Crippen MR) is 151 cm³/mol. The molecule has 0 atom stereocenters. The second-order valence-corrected chi connectivity index (χ2v) is 9.47. The van der Waals surface area contributed by atoms with Crippen LogP contribution in [0.1, 0.15) is 47.6 Å². The van der Waals surface area contributed by atoms with Crippen LogP contribution in [0, 0.1) is 0 Å². The Morgan fingerprint density at radius 3 is 2.33 bits per heavy atom. The standard InChI is InChI=1S/C31H32N6O2/c1-4-28-27(18-22-9-8-10-23(17-22)20-39-3)31(38)37(29(5-2)32-28)19-21-13-15-24(16-14-21)25-11-6-7-12-26(25)30-33-35-36-34-30/h6-17H,4-5,18-20H2,1-3H3,(H,33,34,35,36). The molecule has 0 spiro atoms. The lowest BCUT2D eigenvalue weighted by atomic mass is 9.98. The summed E-state index contributed by atoms with van der Waals surface area (Å²) >= 11 is 0. The number of tetrazole rings is 1. The van der Waals surface area contributed by atoms with Crippen molar-refractivity contribution in [3.8, 4) is 22.5 Å². The summed E-state index contributed by atoms with van der Waals surface area (Å²) in [5, 5.41) is 14.3. The third-order valence-corrected chi connectivity index (χ3v) is 6.89. The maximum atomic E-state index is 13.9. The summed E-state index contributed by atoms with van der Waals surface area (Å²) < 4.78 is 7.12. The van der Waals surface area contributed by atoms with E-state index in [4.69, 9.17) is 9.72 Å². The number of nitrogens with zero attached hydrogens (tertiary/aromatic N) is 5. The summed E-state index contributed by atoms with van der Waals surface area (Å²) in [6, 6.07) is 24.5. The van der Waals surface area contributed by atoms with Gasteiger partial charge >= 0.3 is 0 Å². The highest BCUT2D eigenvalue weighted by atomic mass is 16.5. The number of aromatic amines is 1. The average molecular weight is 521 g/mol. The van der Waals surface area contributed by atoms with E-state index in [-0.39, 0.29) is 5.56 Å². The van der Waals surface area contributed by atoms with E-state index < -0.39 is 0 Å². The number of methoxy groups -OCH3 is 1. The molecule has 2 heterocycles. The highest BCUT2D eigenvalue weighted by molar-refractivity contribution is 5.80. The minimum absolute atomic E-state index is 0.0306. The molecule has 1 N–H and O–H groups in total.